The van der Waals surface area contributed by atoms with E-state index in [-0.39, 0.29) is 24.4 Å². The monoisotopic (exact) mass is 246 g/mol. The predicted molar refractivity (Wildman–Crippen MR) is 67.5 cm³/mol. The Morgan fingerprint density at radius 3 is 2.50 bits per heavy atom. The third kappa shape index (κ3) is 4.30. The molecule has 1 amide bonds. The zero-order valence-corrected chi connectivity index (χ0v) is 10.6. The molecule has 0 heterocycles. The van der Waals surface area contributed by atoms with E-state index >= 15 is 0 Å². The molecule has 0 radical (unpaired) electrons. The van der Waals surface area contributed by atoms with Crippen LogP contribution in [0.3, 0.4) is 0 Å². The summed E-state index contributed by atoms with van der Waals surface area (Å²) in [6.07, 6.45) is 8.29. The third-order valence-electron chi connectivity index (χ3n) is 3.77. The number of carbonyl (C=O) groups is 1. The Kier molecular flexibility index (Phi) is 5.56. The van der Waals surface area contributed by atoms with Crippen LogP contribution in [-0.4, -0.2) is 18.5 Å². The second kappa shape index (κ2) is 6.45. The zero-order chi connectivity index (χ0) is 10.7. The third-order valence-corrected chi connectivity index (χ3v) is 3.77. The first-order valence-corrected chi connectivity index (χ1v) is 6.28. The maximum atomic E-state index is 11.5. The second-order valence-corrected chi connectivity index (χ2v) is 5.14. The normalized spacial score (nSPS) is 21.8. The summed E-state index contributed by atoms with van der Waals surface area (Å²) in [5.74, 6) is 1.70. The Labute approximate surface area is 104 Å². The Balaban J connectivity index is 0.00000128. The van der Waals surface area contributed by atoms with Crippen molar-refractivity contribution in [2.75, 3.05) is 6.54 Å². The Hall–Kier alpha value is -0.280. The number of hydrogen-bond acceptors (Lipinski definition) is 2. The van der Waals surface area contributed by atoms with E-state index < -0.39 is 0 Å². The summed E-state index contributed by atoms with van der Waals surface area (Å²) < 4.78 is 0. The number of amides is 1. The summed E-state index contributed by atoms with van der Waals surface area (Å²) in [4.78, 5) is 11.5. The summed E-state index contributed by atoms with van der Waals surface area (Å²) >= 11 is 0. The van der Waals surface area contributed by atoms with Gasteiger partial charge in [-0.25, -0.2) is 0 Å². The fourth-order valence-corrected chi connectivity index (χ4v) is 2.13. The molecular formula is C12H23ClN2O. The molecule has 4 heteroatoms. The van der Waals surface area contributed by atoms with Gasteiger partial charge >= 0.3 is 0 Å². The van der Waals surface area contributed by atoms with E-state index in [1.807, 2.05) is 0 Å². The fraction of sp³-hybridized carbons (Fsp3) is 0.917. The van der Waals surface area contributed by atoms with E-state index in [0.29, 0.717) is 18.9 Å². The van der Waals surface area contributed by atoms with Gasteiger partial charge in [-0.2, -0.15) is 0 Å². The Morgan fingerprint density at radius 2 is 2.00 bits per heavy atom. The maximum absolute atomic E-state index is 11.5. The lowest BCUT2D eigenvalue weighted by atomic mass is 9.82. The van der Waals surface area contributed by atoms with Gasteiger partial charge in [0.25, 0.3) is 0 Å². The lowest BCUT2D eigenvalue weighted by Crippen LogP contribution is -2.38. The van der Waals surface area contributed by atoms with Crippen LogP contribution in [0.4, 0.5) is 0 Å². The average Bonchev–Trinajstić information content (AvgIpc) is 2.94. The predicted octanol–water partition coefficient (Wildman–Crippen LogP) is 1.84. The van der Waals surface area contributed by atoms with E-state index in [2.05, 4.69) is 5.32 Å². The van der Waals surface area contributed by atoms with E-state index in [4.69, 9.17) is 5.73 Å². The Bertz CT molecular complexity index is 227. The number of nitrogens with one attached hydrogen (secondary N) is 1. The molecule has 3 N–H and O–H groups in total. The highest BCUT2D eigenvalue weighted by molar-refractivity contribution is 5.85. The first kappa shape index (κ1) is 13.8. The van der Waals surface area contributed by atoms with Crippen molar-refractivity contribution in [3.8, 4) is 0 Å². The topological polar surface area (TPSA) is 55.1 Å². The van der Waals surface area contributed by atoms with Gasteiger partial charge in [0, 0.05) is 19.0 Å². The van der Waals surface area contributed by atoms with Crippen molar-refractivity contribution in [3.63, 3.8) is 0 Å². The molecule has 0 aromatic carbocycles. The first-order chi connectivity index (χ1) is 7.25. The molecule has 94 valence electrons. The van der Waals surface area contributed by atoms with Crippen LogP contribution in [0.1, 0.15) is 44.9 Å². The molecule has 0 bridgehead atoms. The van der Waals surface area contributed by atoms with Gasteiger partial charge in [-0.05, 0) is 31.1 Å². The summed E-state index contributed by atoms with van der Waals surface area (Å²) in [6, 6.07) is 0.192. The van der Waals surface area contributed by atoms with Gasteiger partial charge in [-0.1, -0.05) is 19.3 Å². The largest absolute Gasteiger partial charge is 0.355 e. The van der Waals surface area contributed by atoms with E-state index in [0.717, 1.165) is 12.3 Å². The van der Waals surface area contributed by atoms with Crippen LogP contribution in [0.25, 0.3) is 0 Å². The van der Waals surface area contributed by atoms with Gasteiger partial charge < -0.3 is 11.1 Å². The van der Waals surface area contributed by atoms with Crippen molar-refractivity contribution in [1.82, 2.24) is 5.32 Å². The molecule has 0 aliphatic heterocycles. The number of rotatable bonds is 6. The summed E-state index contributed by atoms with van der Waals surface area (Å²) in [5, 5.41) is 2.94. The quantitative estimate of drug-likeness (QED) is 0.752. The van der Waals surface area contributed by atoms with Crippen molar-refractivity contribution in [3.05, 3.63) is 0 Å². The SMILES string of the molecule is Cl.NC(CNC(=O)CCC1CCC1)C1CC1. The van der Waals surface area contributed by atoms with Gasteiger partial charge in [0.05, 0.1) is 0 Å². The first-order valence-electron chi connectivity index (χ1n) is 6.28. The van der Waals surface area contributed by atoms with Gasteiger partial charge in [0.15, 0.2) is 0 Å². The Morgan fingerprint density at radius 1 is 1.31 bits per heavy atom. The lowest BCUT2D eigenvalue weighted by molar-refractivity contribution is -0.121. The van der Waals surface area contributed by atoms with Gasteiger partial charge in [-0.3, -0.25) is 4.79 Å². The molecule has 0 saturated heterocycles. The maximum Gasteiger partial charge on any atom is 0.220 e. The number of nitrogens with two attached hydrogens (primary N) is 1. The highest BCUT2D eigenvalue weighted by Crippen LogP contribution is 2.31. The minimum absolute atomic E-state index is 0. The van der Waals surface area contributed by atoms with Crippen molar-refractivity contribution in [2.24, 2.45) is 17.6 Å². The minimum atomic E-state index is 0. The van der Waals surface area contributed by atoms with Crippen molar-refractivity contribution in [1.29, 1.82) is 0 Å². The van der Waals surface area contributed by atoms with E-state index in [1.54, 1.807) is 0 Å². The molecule has 2 saturated carbocycles. The molecule has 16 heavy (non-hydrogen) atoms. The zero-order valence-electron chi connectivity index (χ0n) is 9.78. The molecule has 2 aliphatic carbocycles. The van der Waals surface area contributed by atoms with Crippen LogP contribution < -0.4 is 11.1 Å². The number of carbonyl (C=O) groups excluding carboxylic acids is 1. The average molecular weight is 247 g/mol. The fourth-order valence-electron chi connectivity index (χ4n) is 2.13. The molecule has 3 nitrogen and oxygen atoms in total. The molecule has 0 aromatic rings. The summed E-state index contributed by atoms with van der Waals surface area (Å²) in [6.45, 7) is 0.675. The highest BCUT2D eigenvalue weighted by atomic mass is 35.5. The van der Waals surface area contributed by atoms with Crippen LogP contribution in [-0.2, 0) is 4.79 Å². The summed E-state index contributed by atoms with van der Waals surface area (Å²) in [5.41, 5.74) is 5.91. The number of hydrogen-bond donors (Lipinski definition) is 2. The smallest absolute Gasteiger partial charge is 0.220 e. The molecule has 1 unspecified atom stereocenters. The highest BCUT2D eigenvalue weighted by Gasteiger charge is 2.28. The van der Waals surface area contributed by atoms with Crippen molar-refractivity contribution < 1.29 is 4.79 Å². The molecule has 2 rings (SSSR count). The van der Waals surface area contributed by atoms with Crippen LogP contribution in [0, 0.1) is 11.8 Å². The van der Waals surface area contributed by atoms with Crippen LogP contribution in [0.5, 0.6) is 0 Å². The second-order valence-electron chi connectivity index (χ2n) is 5.14. The van der Waals surface area contributed by atoms with Gasteiger partial charge in [0.2, 0.25) is 5.91 Å². The van der Waals surface area contributed by atoms with E-state index in [9.17, 15) is 4.79 Å². The molecular weight excluding hydrogens is 224 g/mol. The van der Waals surface area contributed by atoms with Crippen LogP contribution in [0.15, 0.2) is 0 Å². The standard InChI is InChI=1S/C12H22N2O.ClH/c13-11(10-5-6-10)8-14-12(15)7-4-9-2-1-3-9;/h9-11H,1-8,13H2,(H,14,15);1H. The molecule has 2 fully saturated rings. The van der Waals surface area contributed by atoms with Crippen molar-refractivity contribution >= 4 is 18.3 Å². The molecule has 2 aliphatic rings. The molecule has 0 spiro atoms. The molecule has 0 aromatic heterocycles. The molecule has 1 atom stereocenters. The minimum Gasteiger partial charge on any atom is -0.355 e. The van der Waals surface area contributed by atoms with Crippen molar-refractivity contribution in [2.45, 2.75) is 51.0 Å². The van der Waals surface area contributed by atoms with Crippen LogP contribution in [0.2, 0.25) is 0 Å². The summed E-state index contributed by atoms with van der Waals surface area (Å²) in [7, 11) is 0. The van der Waals surface area contributed by atoms with Gasteiger partial charge in [-0.15, -0.1) is 12.4 Å². The van der Waals surface area contributed by atoms with Crippen LogP contribution >= 0.6 is 12.4 Å². The number of halogens is 1. The van der Waals surface area contributed by atoms with E-state index in [1.165, 1.54) is 32.1 Å². The van der Waals surface area contributed by atoms with Gasteiger partial charge in [0.1, 0.15) is 0 Å². The lowest BCUT2D eigenvalue weighted by Gasteiger charge is -2.24.